The number of carbonyl (C=O) groups excluding carboxylic acids is 1. The predicted octanol–water partition coefficient (Wildman–Crippen LogP) is 2.35. The molecule has 1 aliphatic heterocycles. The zero-order valence-electron chi connectivity index (χ0n) is 13.7. The summed E-state index contributed by atoms with van der Waals surface area (Å²) in [6.45, 7) is 6.46. The maximum atomic E-state index is 12.7. The van der Waals surface area contributed by atoms with Crippen LogP contribution in [0.3, 0.4) is 0 Å². The second-order valence-corrected chi connectivity index (χ2v) is 5.18. The minimum atomic E-state index is -0.0910. The molecule has 0 N–H and O–H groups in total. The molecule has 5 nitrogen and oxygen atoms in total. The van der Waals surface area contributed by atoms with Crippen LogP contribution in [0.1, 0.15) is 30.6 Å². The van der Waals surface area contributed by atoms with Crippen LogP contribution in [-0.2, 0) is 4.74 Å². The van der Waals surface area contributed by atoms with Crippen LogP contribution >= 0.6 is 0 Å². The van der Waals surface area contributed by atoms with Crippen LogP contribution in [0.4, 0.5) is 0 Å². The minimum absolute atomic E-state index is 0.0423. The van der Waals surface area contributed by atoms with Crippen LogP contribution in [0.15, 0.2) is 18.2 Å². The molecule has 5 heteroatoms. The Morgan fingerprint density at radius 2 is 2.09 bits per heavy atom. The molecule has 0 radical (unpaired) electrons. The van der Waals surface area contributed by atoms with Gasteiger partial charge in [-0.2, -0.15) is 0 Å². The highest BCUT2D eigenvalue weighted by Gasteiger charge is 2.25. The third-order valence-corrected chi connectivity index (χ3v) is 3.56. The number of hydrogen-bond donors (Lipinski definition) is 0. The molecule has 1 amide bonds. The first-order valence-electron chi connectivity index (χ1n) is 7.93. The molecule has 1 fully saturated rings. The van der Waals surface area contributed by atoms with Gasteiger partial charge in [0, 0.05) is 25.1 Å². The fraction of sp³-hybridized carbons (Fsp3) is 0.500. The molecule has 0 spiro atoms. The van der Waals surface area contributed by atoms with E-state index in [2.05, 4.69) is 5.92 Å². The summed E-state index contributed by atoms with van der Waals surface area (Å²) in [4.78, 5) is 14.5. The van der Waals surface area contributed by atoms with Crippen LogP contribution in [0.5, 0.6) is 11.5 Å². The van der Waals surface area contributed by atoms with E-state index in [1.807, 2.05) is 13.8 Å². The van der Waals surface area contributed by atoms with E-state index >= 15 is 0 Å². The molecular formula is C18H23NO4. The van der Waals surface area contributed by atoms with E-state index in [1.54, 1.807) is 23.1 Å². The highest BCUT2D eigenvalue weighted by molar-refractivity contribution is 5.95. The Labute approximate surface area is 137 Å². The van der Waals surface area contributed by atoms with Gasteiger partial charge < -0.3 is 19.1 Å². The summed E-state index contributed by atoms with van der Waals surface area (Å²) in [5.41, 5.74) is 0.582. The molecule has 1 aromatic carbocycles. The average molecular weight is 317 g/mol. The fourth-order valence-corrected chi connectivity index (χ4v) is 2.53. The molecule has 1 aliphatic rings. The summed E-state index contributed by atoms with van der Waals surface area (Å²) in [5, 5.41) is 0. The molecule has 124 valence electrons. The molecule has 2 rings (SSSR count). The van der Waals surface area contributed by atoms with Crippen LogP contribution < -0.4 is 9.47 Å². The molecule has 23 heavy (non-hydrogen) atoms. The summed E-state index contributed by atoms with van der Waals surface area (Å²) in [7, 11) is 0. The zero-order valence-corrected chi connectivity index (χ0v) is 13.7. The number of terminal acetylenes is 1. The van der Waals surface area contributed by atoms with Gasteiger partial charge >= 0.3 is 0 Å². The maximum Gasteiger partial charge on any atom is 0.254 e. The molecule has 0 bridgehead atoms. The molecular weight excluding hydrogens is 294 g/mol. The molecule has 0 aliphatic carbocycles. The smallest absolute Gasteiger partial charge is 0.254 e. The van der Waals surface area contributed by atoms with E-state index in [-0.39, 0.29) is 12.0 Å². The number of rotatable bonds is 6. The topological polar surface area (TPSA) is 48.0 Å². The Morgan fingerprint density at radius 3 is 2.78 bits per heavy atom. The standard InChI is InChI=1S/C18H23NO4/c1-4-7-15-13-19(10-11-23-15)18(20)14-8-9-16(21-5-2)17(12-14)22-6-3/h1,8-9,12,15H,5-7,10-11,13H2,2-3H3. The molecule has 0 aromatic heterocycles. The second kappa shape index (κ2) is 8.44. The lowest BCUT2D eigenvalue weighted by atomic mass is 10.1. The number of amides is 1. The SMILES string of the molecule is C#CCC1CN(C(=O)c2ccc(OCC)c(OCC)c2)CCO1. The van der Waals surface area contributed by atoms with E-state index in [0.29, 0.717) is 56.4 Å². The van der Waals surface area contributed by atoms with Crippen molar-refractivity contribution in [3.05, 3.63) is 23.8 Å². The Hall–Kier alpha value is -2.19. The Kier molecular flexibility index (Phi) is 6.30. The van der Waals surface area contributed by atoms with Gasteiger partial charge in [-0.05, 0) is 32.0 Å². The van der Waals surface area contributed by atoms with Crippen molar-refractivity contribution in [1.29, 1.82) is 0 Å². The third-order valence-electron chi connectivity index (χ3n) is 3.56. The number of morpholine rings is 1. The van der Waals surface area contributed by atoms with Gasteiger partial charge in [-0.15, -0.1) is 12.3 Å². The largest absolute Gasteiger partial charge is 0.490 e. The number of ether oxygens (including phenoxy) is 3. The lowest BCUT2D eigenvalue weighted by Gasteiger charge is -2.32. The lowest BCUT2D eigenvalue weighted by Crippen LogP contribution is -2.45. The first kappa shape index (κ1) is 17.2. The van der Waals surface area contributed by atoms with Crippen molar-refractivity contribution in [3.63, 3.8) is 0 Å². The van der Waals surface area contributed by atoms with Gasteiger partial charge in [0.15, 0.2) is 11.5 Å². The van der Waals surface area contributed by atoms with Crippen molar-refractivity contribution < 1.29 is 19.0 Å². The zero-order chi connectivity index (χ0) is 16.7. The summed E-state index contributed by atoms with van der Waals surface area (Å²) >= 11 is 0. The van der Waals surface area contributed by atoms with Gasteiger partial charge in [0.25, 0.3) is 5.91 Å². The molecule has 1 atom stereocenters. The van der Waals surface area contributed by atoms with E-state index in [4.69, 9.17) is 20.6 Å². The summed E-state index contributed by atoms with van der Waals surface area (Å²) < 4.78 is 16.7. The number of nitrogens with zero attached hydrogens (tertiary/aromatic N) is 1. The van der Waals surface area contributed by atoms with Gasteiger partial charge in [0.2, 0.25) is 0 Å². The first-order valence-corrected chi connectivity index (χ1v) is 7.93. The Bertz CT molecular complexity index is 579. The fourth-order valence-electron chi connectivity index (χ4n) is 2.53. The normalized spacial score (nSPS) is 17.4. The highest BCUT2D eigenvalue weighted by Crippen LogP contribution is 2.29. The minimum Gasteiger partial charge on any atom is -0.490 e. The quantitative estimate of drug-likeness (QED) is 0.756. The molecule has 1 heterocycles. The van der Waals surface area contributed by atoms with Gasteiger partial charge in [-0.25, -0.2) is 0 Å². The predicted molar refractivity (Wildman–Crippen MR) is 87.9 cm³/mol. The van der Waals surface area contributed by atoms with Crippen LogP contribution in [0, 0.1) is 12.3 Å². The third kappa shape index (κ3) is 4.40. The van der Waals surface area contributed by atoms with E-state index < -0.39 is 0 Å². The monoisotopic (exact) mass is 317 g/mol. The van der Waals surface area contributed by atoms with Crippen molar-refractivity contribution in [2.45, 2.75) is 26.4 Å². The van der Waals surface area contributed by atoms with E-state index in [9.17, 15) is 4.79 Å². The van der Waals surface area contributed by atoms with Crippen molar-refractivity contribution in [3.8, 4) is 23.8 Å². The first-order chi connectivity index (χ1) is 11.2. The Morgan fingerprint density at radius 1 is 1.35 bits per heavy atom. The van der Waals surface area contributed by atoms with Gasteiger partial charge in [0.1, 0.15) is 0 Å². The summed E-state index contributed by atoms with van der Waals surface area (Å²) in [6.07, 6.45) is 5.75. The van der Waals surface area contributed by atoms with Crippen molar-refractivity contribution in [1.82, 2.24) is 4.90 Å². The second-order valence-electron chi connectivity index (χ2n) is 5.18. The van der Waals surface area contributed by atoms with Crippen molar-refractivity contribution in [2.75, 3.05) is 32.9 Å². The van der Waals surface area contributed by atoms with Crippen molar-refractivity contribution >= 4 is 5.91 Å². The average Bonchev–Trinajstić information content (AvgIpc) is 2.57. The van der Waals surface area contributed by atoms with Gasteiger partial charge in [-0.1, -0.05) is 0 Å². The number of carbonyl (C=O) groups is 1. The molecule has 1 saturated heterocycles. The van der Waals surface area contributed by atoms with Crippen molar-refractivity contribution in [2.24, 2.45) is 0 Å². The molecule has 0 saturated carbocycles. The van der Waals surface area contributed by atoms with Crippen LogP contribution in [-0.4, -0.2) is 49.8 Å². The number of benzene rings is 1. The lowest BCUT2D eigenvalue weighted by molar-refractivity contribution is -0.0186. The maximum absolute atomic E-state index is 12.7. The van der Waals surface area contributed by atoms with Crippen LogP contribution in [0.2, 0.25) is 0 Å². The molecule has 1 unspecified atom stereocenters. The van der Waals surface area contributed by atoms with Gasteiger partial charge in [0.05, 0.1) is 25.9 Å². The van der Waals surface area contributed by atoms with Gasteiger partial charge in [-0.3, -0.25) is 4.79 Å². The summed E-state index contributed by atoms with van der Waals surface area (Å²) in [5.74, 6) is 3.78. The van der Waals surface area contributed by atoms with E-state index in [0.717, 1.165) is 0 Å². The highest BCUT2D eigenvalue weighted by atomic mass is 16.5. The van der Waals surface area contributed by atoms with Crippen LogP contribution in [0.25, 0.3) is 0 Å². The van der Waals surface area contributed by atoms with E-state index in [1.165, 1.54) is 0 Å². The number of hydrogen-bond acceptors (Lipinski definition) is 4. The summed E-state index contributed by atoms with van der Waals surface area (Å²) in [6, 6.07) is 5.28. The molecule has 1 aromatic rings. The Balaban J connectivity index is 2.15.